The largest absolute Gasteiger partial charge is 0.294 e. The van der Waals surface area contributed by atoms with E-state index in [0.717, 1.165) is 24.2 Å². The van der Waals surface area contributed by atoms with Gasteiger partial charge in [0.05, 0.1) is 10.3 Å². The summed E-state index contributed by atoms with van der Waals surface area (Å²) in [5, 5.41) is 0. The molecule has 1 aliphatic heterocycles. The third-order valence-electron chi connectivity index (χ3n) is 3.99. The van der Waals surface area contributed by atoms with Crippen molar-refractivity contribution in [3.8, 4) is 0 Å². The average molecular weight is 282 g/mol. The molecule has 1 N–H and O–H groups in total. The molecule has 1 aliphatic rings. The lowest BCUT2D eigenvalue weighted by Gasteiger charge is -2.15. The van der Waals surface area contributed by atoms with Crippen molar-refractivity contribution in [1.29, 1.82) is 0 Å². The van der Waals surface area contributed by atoms with Crippen LogP contribution in [0.5, 0.6) is 0 Å². The Morgan fingerprint density at radius 2 is 1.95 bits per heavy atom. The summed E-state index contributed by atoms with van der Waals surface area (Å²) in [5.74, 6) is 0. The smallest absolute Gasteiger partial charge is 0.282 e. The molecule has 0 atom stereocenters. The van der Waals surface area contributed by atoms with Gasteiger partial charge < -0.3 is 0 Å². The fraction of sp³-hybridized carbons (Fsp3) is 0.500. The summed E-state index contributed by atoms with van der Waals surface area (Å²) in [4.78, 5) is -0.0366. The highest BCUT2D eigenvalue weighted by Crippen LogP contribution is 2.40. The van der Waals surface area contributed by atoms with Crippen LogP contribution in [-0.4, -0.2) is 29.8 Å². The molecule has 0 aliphatic carbocycles. The third-order valence-corrected chi connectivity index (χ3v) is 4.84. The molecule has 0 unspecified atom stereocenters. The molecule has 4 nitrogen and oxygen atoms in total. The van der Waals surface area contributed by atoms with E-state index in [2.05, 4.69) is 32.3 Å². The normalized spacial score (nSPS) is 17.7. The van der Waals surface area contributed by atoms with Crippen LogP contribution >= 0.6 is 0 Å². The van der Waals surface area contributed by atoms with Crippen molar-refractivity contribution in [3.63, 3.8) is 0 Å². The van der Waals surface area contributed by atoms with Crippen LogP contribution < -0.4 is 0 Å². The maximum Gasteiger partial charge on any atom is 0.294 e. The fourth-order valence-electron chi connectivity index (χ4n) is 2.64. The Morgan fingerprint density at radius 3 is 2.47 bits per heavy atom. The summed E-state index contributed by atoms with van der Waals surface area (Å²) in [7, 11) is -4.15. The molecule has 0 spiro atoms. The van der Waals surface area contributed by atoms with Crippen LogP contribution in [0.15, 0.2) is 23.1 Å². The molecule has 0 bridgehead atoms. The van der Waals surface area contributed by atoms with Crippen LogP contribution in [0.3, 0.4) is 0 Å². The minimum Gasteiger partial charge on any atom is -0.282 e. The maximum absolute atomic E-state index is 11.3. The molecule has 0 amide bonds. The van der Waals surface area contributed by atoms with Gasteiger partial charge in [0.1, 0.15) is 6.54 Å². The predicted octanol–water partition coefficient (Wildman–Crippen LogP) is 2.74. The lowest BCUT2D eigenvalue weighted by molar-refractivity contribution is -0.438. The van der Waals surface area contributed by atoms with E-state index < -0.39 is 10.1 Å². The lowest BCUT2D eigenvalue weighted by Crippen LogP contribution is -2.26. The molecule has 1 aromatic rings. The molecule has 0 radical (unpaired) electrons. The van der Waals surface area contributed by atoms with Crippen LogP contribution in [-0.2, 0) is 15.5 Å². The molecule has 1 aromatic carbocycles. The standard InChI is InChI=1S/C14H19NO3S/c1-5-8-15-10(2)14(3,4)12-9-11(19(16,17)18)6-7-13(12)15/h6-7,9H,5,8H2,1-4H3/p+1. The van der Waals surface area contributed by atoms with E-state index in [4.69, 9.17) is 0 Å². The minimum absolute atomic E-state index is 0.0366. The zero-order chi connectivity index (χ0) is 14.4. The summed E-state index contributed by atoms with van der Waals surface area (Å²) in [6.07, 6.45) is 1.02. The summed E-state index contributed by atoms with van der Waals surface area (Å²) in [6.45, 7) is 9.25. The van der Waals surface area contributed by atoms with Crippen molar-refractivity contribution in [2.24, 2.45) is 0 Å². The molecule has 0 fully saturated rings. The molecule has 104 valence electrons. The predicted molar refractivity (Wildman–Crippen MR) is 75.0 cm³/mol. The molecule has 1 heterocycles. The van der Waals surface area contributed by atoms with Gasteiger partial charge in [-0.15, -0.1) is 0 Å². The summed E-state index contributed by atoms with van der Waals surface area (Å²) in [5.41, 5.74) is 2.98. The first-order valence-electron chi connectivity index (χ1n) is 6.43. The van der Waals surface area contributed by atoms with E-state index in [1.54, 1.807) is 12.1 Å². The summed E-state index contributed by atoms with van der Waals surface area (Å²) < 4.78 is 33.9. The Bertz CT molecular complexity index is 657. The van der Waals surface area contributed by atoms with Crippen molar-refractivity contribution in [2.45, 2.75) is 44.4 Å². The van der Waals surface area contributed by atoms with Crippen LogP contribution in [0.25, 0.3) is 0 Å². The average Bonchev–Trinajstić information content (AvgIpc) is 2.50. The van der Waals surface area contributed by atoms with E-state index >= 15 is 0 Å². The van der Waals surface area contributed by atoms with Gasteiger partial charge >= 0.3 is 0 Å². The second-order valence-electron chi connectivity index (χ2n) is 5.52. The van der Waals surface area contributed by atoms with Crippen molar-refractivity contribution in [3.05, 3.63) is 23.8 Å². The molecule has 0 saturated heterocycles. The van der Waals surface area contributed by atoms with E-state index in [9.17, 15) is 13.0 Å². The fourth-order valence-corrected chi connectivity index (χ4v) is 3.14. The number of benzene rings is 1. The topological polar surface area (TPSA) is 57.4 Å². The summed E-state index contributed by atoms with van der Waals surface area (Å²) >= 11 is 0. The first-order chi connectivity index (χ1) is 8.69. The number of hydrogen-bond acceptors (Lipinski definition) is 2. The van der Waals surface area contributed by atoms with Crippen LogP contribution in [0, 0.1) is 0 Å². The zero-order valence-corrected chi connectivity index (χ0v) is 12.6. The Balaban J connectivity index is 2.66. The molecular formula is C14H20NO3S+. The highest BCUT2D eigenvalue weighted by Gasteiger charge is 2.43. The number of nitrogens with zero attached hydrogens (tertiary/aromatic N) is 1. The van der Waals surface area contributed by atoms with Gasteiger partial charge in [0, 0.05) is 25.0 Å². The van der Waals surface area contributed by atoms with E-state index in [1.807, 2.05) is 0 Å². The zero-order valence-electron chi connectivity index (χ0n) is 11.8. The van der Waals surface area contributed by atoms with Gasteiger partial charge in [-0.25, -0.2) is 0 Å². The third kappa shape index (κ3) is 2.21. The molecule has 0 aromatic heterocycles. The number of hydrogen-bond donors (Lipinski definition) is 1. The molecule has 19 heavy (non-hydrogen) atoms. The van der Waals surface area contributed by atoms with Crippen molar-refractivity contribution in [2.75, 3.05) is 6.54 Å². The van der Waals surface area contributed by atoms with Crippen LogP contribution in [0.2, 0.25) is 0 Å². The van der Waals surface area contributed by atoms with E-state index in [0.29, 0.717) is 0 Å². The number of rotatable bonds is 3. The highest BCUT2D eigenvalue weighted by molar-refractivity contribution is 7.85. The van der Waals surface area contributed by atoms with Gasteiger partial charge in [0.15, 0.2) is 5.71 Å². The Hall–Kier alpha value is -1.20. The SMILES string of the molecule is CCC[N+]1=C(C)C(C)(C)c2cc(S(=O)(=O)O)ccc21. The first-order valence-corrected chi connectivity index (χ1v) is 7.87. The van der Waals surface area contributed by atoms with E-state index in [1.165, 1.54) is 11.8 Å². The van der Waals surface area contributed by atoms with Gasteiger partial charge in [0.25, 0.3) is 10.1 Å². The molecule has 0 saturated carbocycles. The number of fused-ring (bicyclic) bond motifs is 1. The Kier molecular flexibility index (Phi) is 3.31. The highest BCUT2D eigenvalue weighted by atomic mass is 32.2. The second kappa shape index (κ2) is 4.42. The van der Waals surface area contributed by atoms with Crippen molar-refractivity contribution >= 4 is 21.5 Å². The van der Waals surface area contributed by atoms with E-state index in [-0.39, 0.29) is 10.3 Å². The van der Waals surface area contributed by atoms with Gasteiger partial charge in [-0.2, -0.15) is 13.0 Å². The van der Waals surface area contributed by atoms with Crippen LogP contribution in [0.4, 0.5) is 5.69 Å². The van der Waals surface area contributed by atoms with Crippen LogP contribution in [0.1, 0.15) is 39.7 Å². The van der Waals surface area contributed by atoms with Gasteiger partial charge in [-0.3, -0.25) is 4.55 Å². The monoisotopic (exact) mass is 282 g/mol. The maximum atomic E-state index is 11.3. The first kappa shape index (κ1) is 14.2. The Morgan fingerprint density at radius 1 is 1.32 bits per heavy atom. The lowest BCUT2D eigenvalue weighted by atomic mass is 9.82. The second-order valence-corrected chi connectivity index (χ2v) is 6.94. The molecule has 2 rings (SSSR count). The van der Waals surface area contributed by atoms with Gasteiger partial charge in [-0.1, -0.05) is 6.92 Å². The molecular weight excluding hydrogens is 262 g/mol. The van der Waals surface area contributed by atoms with Crippen molar-refractivity contribution < 1.29 is 17.5 Å². The van der Waals surface area contributed by atoms with Crippen molar-refractivity contribution in [1.82, 2.24) is 0 Å². The quantitative estimate of drug-likeness (QED) is 0.685. The minimum atomic E-state index is -4.15. The van der Waals surface area contributed by atoms with Gasteiger partial charge in [0.2, 0.25) is 5.69 Å². The summed E-state index contributed by atoms with van der Waals surface area (Å²) in [6, 6.07) is 4.83. The van der Waals surface area contributed by atoms with Gasteiger partial charge in [-0.05, 0) is 26.0 Å². The Labute approximate surface area is 114 Å². The molecule has 5 heteroatoms.